The number of nitrogens with zero attached hydrogens (tertiary/aromatic N) is 5. The summed E-state index contributed by atoms with van der Waals surface area (Å²) in [6.45, 7) is 8.51. The van der Waals surface area contributed by atoms with E-state index in [0.29, 0.717) is 68.6 Å². The second kappa shape index (κ2) is 11.0. The largest absolute Gasteiger partial charge is 0.323 e. The molecule has 2 heterocycles. The molecule has 1 aromatic heterocycles. The van der Waals surface area contributed by atoms with Crippen molar-refractivity contribution in [1.82, 2.24) is 23.5 Å². The highest BCUT2D eigenvalue weighted by molar-refractivity contribution is 7.86. The molecule has 0 spiro atoms. The number of nitrogens with one attached hydrogen (secondary N) is 2. The van der Waals surface area contributed by atoms with Crippen molar-refractivity contribution < 1.29 is 17.6 Å². The van der Waals surface area contributed by atoms with Crippen molar-refractivity contribution in [2.75, 3.05) is 49.9 Å². The van der Waals surface area contributed by atoms with Crippen LogP contribution in [0.15, 0.2) is 30.6 Å². The molecule has 1 fully saturated rings. The Kier molecular flexibility index (Phi) is 8.30. The van der Waals surface area contributed by atoms with Gasteiger partial charge in [0, 0.05) is 51.5 Å². The van der Waals surface area contributed by atoms with Gasteiger partial charge in [-0.2, -0.15) is 17.0 Å². The lowest BCUT2D eigenvalue weighted by atomic mass is 10.1. The molecule has 1 aliphatic heterocycles. The molecule has 1 aromatic carbocycles. The van der Waals surface area contributed by atoms with E-state index in [1.165, 1.54) is 33.1 Å². The maximum Gasteiger partial charge on any atom is 0.323 e. The SMILES string of the molecule is CCN(CC)S(=O)(=O)N1CCN(Cc2cc(F)cc(NC(=O)Nc3cnc(C)nc3)c2)CC1. The number of aromatic nitrogens is 2. The van der Waals surface area contributed by atoms with Crippen LogP contribution in [0, 0.1) is 12.7 Å². The summed E-state index contributed by atoms with van der Waals surface area (Å²) in [5.41, 5.74) is 1.43. The van der Waals surface area contributed by atoms with Crippen LogP contribution in [-0.4, -0.2) is 77.2 Å². The second-order valence-electron chi connectivity index (χ2n) is 7.71. The molecular weight excluding hydrogens is 449 g/mol. The Hall–Kier alpha value is -2.67. The second-order valence-corrected chi connectivity index (χ2v) is 9.64. The van der Waals surface area contributed by atoms with E-state index in [1.54, 1.807) is 13.0 Å². The van der Waals surface area contributed by atoms with Crippen LogP contribution in [0.5, 0.6) is 0 Å². The van der Waals surface area contributed by atoms with Gasteiger partial charge in [0.05, 0.1) is 18.1 Å². The molecule has 33 heavy (non-hydrogen) atoms. The van der Waals surface area contributed by atoms with E-state index in [9.17, 15) is 17.6 Å². The van der Waals surface area contributed by atoms with E-state index in [0.717, 1.165) is 0 Å². The lowest BCUT2D eigenvalue weighted by molar-refractivity contribution is 0.175. The molecule has 0 radical (unpaired) electrons. The third-order valence-corrected chi connectivity index (χ3v) is 7.54. The normalized spacial score (nSPS) is 15.5. The van der Waals surface area contributed by atoms with Gasteiger partial charge in [-0.3, -0.25) is 4.90 Å². The van der Waals surface area contributed by atoms with Gasteiger partial charge >= 0.3 is 6.03 Å². The van der Waals surface area contributed by atoms with Crippen LogP contribution in [0.4, 0.5) is 20.6 Å². The van der Waals surface area contributed by atoms with Gasteiger partial charge in [-0.05, 0) is 30.7 Å². The molecule has 0 aliphatic carbocycles. The van der Waals surface area contributed by atoms with Crippen LogP contribution in [0.1, 0.15) is 25.2 Å². The summed E-state index contributed by atoms with van der Waals surface area (Å²) in [5.74, 6) is 0.117. The number of carbonyl (C=O) groups excluding carboxylic acids is 1. The van der Waals surface area contributed by atoms with E-state index < -0.39 is 22.1 Å². The van der Waals surface area contributed by atoms with Gasteiger partial charge in [0.25, 0.3) is 10.2 Å². The first-order valence-corrected chi connectivity index (χ1v) is 12.2. The number of amides is 2. The van der Waals surface area contributed by atoms with Gasteiger partial charge in [0.15, 0.2) is 0 Å². The molecule has 0 atom stereocenters. The number of carbonyl (C=O) groups is 1. The average Bonchev–Trinajstić information content (AvgIpc) is 2.76. The van der Waals surface area contributed by atoms with Crippen LogP contribution < -0.4 is 10.6 Å². The van der Waals surface area contributed by atoms with Gasteiger partial charge in [0.2, 0.25) is 0 Å². The molecule has 1 aliphatic rings. The monoisotopic (exact) mass is 479 g/mol. The van der Waals surface area contributed by atoms with Crippen LogP contribution in [0.3, 0.4) is 0 Å². The number of aryl methyl sites for hydroxylation is 1. The van der Waals surface area contributed by atoms with Crippen molar-refractivity contribution in [2.45, 2.75) is 27.3 Å². The fraction of sp³-hybridized carbons (Fsp3) is 0.476. The third kappa shape index (κ3) is 6.67. The van der Waals surface area contributed by atoms with Crippen molar-refractivity contribution in [1.29, 1.82) is 0 Å². The van der Waals surface area contributed by atoms with Crippen LogP contribution >= 0.6 is 0 Å². The Labute approximate surface area is 194 Å². The summed E-state index contributed by atoms with van der Waals surface area (Å²) >= 11 is 0. The smallest absolute Gasteiger partial charge is 0.308 e. The van der Waals surface area contributed by atoms with Gasteiger partial charge < -0.3 is 10.6 Å². The Morgan fingerprint density at radius 2 is 1.64 bits per heavy atom. The minimum Gasteiger partial charge on any atom is -0.308 e. The highest BCUT2D eigenvalue weighted by Crippen LogP contribution is 2.19. The number of anilines is 2. The Morgan fingerprint density at radius 3 is 2.24 bits per heavy atom. The maximum absolute atomic E-state index is 14.2. The zero-order chi connectivity index (χ0) is 24.0. The van der Waals surface area contributed by atoms with Crippen molar-refractivity contribution >= 4 is 27.6 Å². The predicted octanol–water partition coefficient (Wildman–Crippen LogP) is 2.27. The Morgan fingerprint density at radius 1 is 1.03 bits per heavy atom. The number of hydrogen-bond acceptors (Lipinski definition) is 6. The lowest BCUT2D eigenvalue weighted by Crippen LogP contribution is -2.52. The molecule has 0 saturated carbocycles. The van der Waals surface area contributed by atoms with Crippen molar-refractivity contribution in [3.8, 4) is 0 Å². The maximum atomic E-state index is 14.2. The molecule has 180 valence electrons. The first-order chi connectivity index (χ1) is 15.7. The minimum absolute atomic E-state index is 0.318. The summed E-state index contributed by atoms with van der Waals surface area (Å²) in [4.78, 5) is 22.3. The first-order valence-electron chi connectivity index (χ1n) is 10.8. The van der Waals surface area contributed by atoms with Crippen molar-refractivity contribution in [3.05, 3.63) is 47.8 Å². The summed E-state index contributed by atoms with van der Waals surface area (Å²) in [7, 11) is -3.46. The standard InChI is InChI=1S/C21H30FN7O3S/c1-4-28(5-2)33(31,32)29-8-6-27(7-9-29)15-17-10-18(22)12-19(11-17)25-21(30)26-20-13-23-16(3)24-14-20/h10-14H,4-9,15H2,1-3H3,(H2,25,26,30). The van der Waals surface area contributed by atoms with E-state index in [1.807, 2.05) is 13.8 Å². The highest BCUT2D eigenvalue weighted by Gasteiger charge is 2.30. The fourth-order valence-corrected chi connectivity index (χ4v) is 5.26. The predicted molar refractivity (Wildman–Crippen MR) is 125 cm³/mol. The van der Waals surface area contributed by atoms with Gasteiger partial charge in [0.1, 0.15) is 11.6 Å². The van der Waals surface area contributed by atoms with E-state index in [-0.39, 0.29) is 0 Å². The first kappa shape index (κ1) is 25.0. The molecule has 0 bridgehead atoms. The molecule has 0 unspecified atom stereocenters. The minimum atomic E-state index is -3.46. The molecule has 2 aromatic rings. The van der Waals surface area contributed by atoms with Gasteiger partial charge in [-0.25, -0.2) is 19.2 Å². The number of halogens is 1. The van der Waals surface area contributed by atoms with E-state index >= 15 is 0 Å². The number of piperazine rings is 1. The van der Waals surface area contributed by atoms with Gasteiger partial charge in [-0.1, -0.05) is 13.8 Å². The van der Waals surface area contributed by atoms with Crippen LogP contribution in [0.25, 0.3) is 0 Å². The summed E-state index contributed by atoms with van der Waals surface area (Å²) in [5, 5.41) is 5.22. The number of hydrogen-bond donors (Lipinski definition) is 2. The zero-order valence-corrected chi connectivity index (χ0v) is 19.9. The number of benzene rings is 1. The zero-order valence-electron chi connectivity index (χ0n) is 19.1. The lowest BCUT2D eigenvalue weighted by Gasteiger charge is -2.36. The quantitative estimate of drug-likeness (QED) is 0.601. The topological polar surface area (TPSA) is 111 Å². The van der Waals surface area contributed by atoms with Crippen molar-refractivity contribution in [2.24, 2.45) is 0 Å². The molecular formula is C21H30FN7O3S. The summed E-state index contributed by atoms with van der Waals surface area (Å²) in [6.07, 6.45) is 2.97. The molecule has 1 saturated heterocycles. The van der Waals surface area contributed by atoms with Crippen molar-refractivity contribution in [3.63, 3.8) is 0 Å². The molecule has 10 nitrogen and oxygen atoms in total. The van der Waals surface area contributed by atoms with E-state index in [4.69, 9.17) is 0 Å². The number of urea groups is 1. The van der Waals surface area contributed by atoms with Crippen LogP contribution in [-0.2, 0) is 16.8 Å². The highest BCUT2D eigenvalue weighted by atomic mass is 32.2. The Balaban J connectivity index is 1.58. The molecule has 2 amide bonds. The van der Waals surface area contributed by atoms with Crippen LogP contribution in [0.2, 0.25) is 0 Å². The Bertz CT molecular complexity index is 1050. The molecule has 12 heteroatoms. The number of rotatable bonds is 8. The average molecular weight is 480 g/mol. The summed E-state index contributed by atoms with van der Waals surface area (Å²) in [6, 6.07) is 3.82. The molecule has 2 N–H and O–H groups in total. The van der Waals surface area contributed by atoms with Gasteiger partial charge in [-0.15, -0.1) is 0 Å². The third-order valence-electron chi connectivity index (χ3n) is 5.35. The molecule has 3 rings (SSSR count). The van der Waals surface area contributed by atoms with E-state index in [2.05, 4.69) is 25.5 Å². The summed E-state index contributed by atoms with van der Waals surface area (Å²) < 4.78 is 42.5. The fourth-order valence-electron chi connectivity index (χ4n) is 3.65.